The minimum Gasteiger partial charge on any atom is -0.510 e. The maximum Gasteiger partial charge on any atom is 0.255 e. The van der Waals surface area contributed by atoms with Crippen LogP contribution in [-0.4, -0.2) is 112 Å². The predicted octanol–water partition coefficient (Wildman–Crippen LogP) is -0.389. The van der Waals surface area contributed by atoms with Crippen molar-refractivity contribution in [3.8, 4) is 5.75 Å². The van der Waals surface area contributed by atoms with Crippen LogP contribution in [0.15, 0.2) is 28.7 Å². The summed E-state index contributed by atoms with van der Waals surface area (Å²) in [7, 11) is 6.87. The third-order valence-electron chi connectivity index (χ3n) is 8.91. The number of aliphatic hydroxyl groups excluding tert-OH is 3. The van der Waals surface area contributed by atoms with E-state index >= 15 is 0 Å². The first-order chi connectivity index (χ1) is 18.7. The predicted molar refractivity (Wildman–Crippen MR) is 144 cm³/mol. The van der Waals surface area contributed by atoms with E-state index in [1.165, 1.54) is 11.0 Å². The Morgan fingerprint density at radius 1 is 1.15 bits per heavy atom. The molecule has 1 aliphatic heterocycles. The van der Waals surface area contributed by atoms with Gasteiger partial charge in [-0.2, -0.15) is 0 Å². The van der Waals surface area contributed by atoms with Crippen molar-refractivity contribution < 1.29 is 39.9 Å². The van der Waals surface area contributed by atoms with Gasteiger partial charge in [-0.25, -0.2) is 0 Å². The molecule has 1 amide bonds. The van der Waals surface area contributed by atoms with Crippen molar-refractivity contribution in [1.82, 2.24) is 9.80 Å². The highest BCUT2D eigenvalue weighted by Crippen LogP contribution is 2.53. The summed E-state index contributed by atoms with van der Waals surface area (Å²) in [6.45, 7) is 2.05. The lowest BCUT2D eigenvalue weighted by Gasteiger charge is -2.50. The first-order valence-electron chi connectivity index (χ1n) is 13.3. The van der Waals surface area contributed by atoms with Crippen LogP contribution in [0.2, 0.25) is 0 Å². The van der Waals surface area contributed by atoms with Crippen LogP contribution >= 0.6 is 0 Å². The van der Waals surface area contributed by atoms with Crippen LogP contribution < -0.4 is 10.6 Å². The van der Waals surface area contributed by atoms with Gasteiger partial charge in [-0.1, -0.05) is 0 Å². The lowest BCUT2D eigenvalue weighted by molar-refractivity contribution is -0.148. The molecule has 0 saturated carbocycles. The molecule has 40 heavy (non-hydrogen) atoms. The van der Waals surface area contributed by atoms with E-state index in [0.29, 0.717) is 25.2 Å². The van der Waals surface area contributed by atoms with Gasteiger partial charge in [0, 0.05) is 63.4 Å². The number of carbonyl (C=O) groups excluding carboxylic acids is 3. The fourth-order valence-electron chi connectivity index (χ4n) is 7.21. The number of anilines is 1. The van der Waals surface area contributed by atoms with E-state index in [0.717, 1.165) is 11.3 Å². The van der Waals surface area contributed by atoms with Gasteiger partial charge in [0.15, 0.2) is 11.4 Å². The number of amides is 1. The molecule has 1 heterocycles. The Labute approximate surface area is 231 Å². The minimum atomic E-state index is -2.66. The molecule has 12 nitrogen and oxygen atoms in total. The van der Waals surface area contributed by atoms with Crippen LogP contribution in [0, 0.1) is 17.8 Å². The second-order valence-corrected chi connectivity index (χ2v) is 11.9. The van der Waals surface area contributed by atoms with Crippen molar-refractivity contribution in [2.24, 2.45) is 23.5 Å². The van der Waals surface area contributed by atoms with Gasteiger partial charge in [0.05, 0.1) is 11.6 Å². The molecule has 0 aromatic heterocycles. The smallest absolute Gasteiger partial charge is 0.255 e. The molecule has 0 bridgehead atoms. The second-order valence-electron chi connectivity index (χ2n) is 11.9. The quantitative estimate of drug-likeness (QED) is 0.250. The summed E-state index contributed by atoms with van der Waals surface area (Å²) in [5.41, 5.74) is 3.86. The SMILES string of the molecule is CN(C)c1c(CN2CC(CO)C2)cc(O)c2c1C[C@H]1C[C@H]3[C@H](N(C)C)C(O)=C(C(N)=O)C(=O)[C@@]3(O)C(O)=C1C2=O. The van der Waals surface area contributed by atoms with Gasteiger partial charge in [0.25, 0.3) is 5.91 Å². The fraction of sp³-hybridized carbons (Fsp3) is 0.536. The molecular formula is C28H36N4O8. The molecular weight excluding hydrogens is 520 g/mol. The number of hydrogen-bond donors (Lipinski definition) is 6. The highest BCUT2D eigenvalue weighted by Gasteiger charge is 2.63. The highest BCUT2D eigenvalue weighted by molar-refractivity contribution is 6.24. The molecule has 1 aromatic rings. The molecule has 1 fully saturated rings. The van der Waals surface area contributed by atoms with Crippen molar-refractivity contribution >= 4 is 23.2 Å². The first kappa shape index (κ1) is 28.1. The van der Waals surface area contributed by atoms with E-state index in [1.807, 2.05) is 19.0 Å². The zero-order valence-corrected chi connectivity index (χ0v) is 23.0. The number of phenolic OH excluding ortho intramolecular Hbond substituents is 1. The number of aliphatic hydroxyl groups is 4. The van der Waals surface area contributed by atoms with Gasteiger partial charge in [-0.05, 0) is 50.0 Å². The third kappa shape index (κ3) is 3.85. The number of fused-ring (bicyclic) bond motifs is 3. The number of primary amides is 1. The number of benzene rings is 1. The van der Waals surface area contributed by atoms with Crippen LogP contribution in [-0.2, 0) is 22.6 Å². The molecule has 12 heteroatoms. The number of Topliss-reactive ketones (excluding diaryl/α,β-unsaturated/α-hetero) is 2. The topological polar surface area (TPSA) is 188 Å². The van der Waals surface area contributed by atoms with Crippen molar-refractivity contribution in [3.63, 3.8) is 0 Å². The lowest BCUT2D eigenvalue weighted by Crippen LogP contribution is -2.63. The van der Waals surface area contributed by atoms with Gasteiger partial charge in [0.2, 0.25) is 5.78 Å². The number of likely N-dealkylation sites (N-methyl/N-ethyl adjacent to an activating group) is 1. The van der Waals surface area contributed by atoms with Gasteiger partial charge in [-0.15, -0.1) is 0 Å². The van der Waals surface area contributed by atoms with Gasteiger partial charge in [0.1, 0.15) is 22.8 Å². The van der Waals surface area contributed by atoms with Gasteiger partial charge in [-0.3, -0.25) is 24.2 Å². The van der Waals surface area contributed by atoms with Gasteiger partial charge < -0.3 is 36.2 Å². The summed E-state index contributed by atoms with van der Waals surface area (Å²) in [5.74, 6) is -6.47. The summed E-state index contributed by atoms with van der Waals surface area (Å²) in [6.07, 6.45) is 0.261. The summed E-state index contributed by atoms with van der Waals surface area (Å²) in [6, 6.07) is 0.487. The highest BCUT2D eigenvalue weighted by atomic mass is 16.3. The first-order valence-corrected chi connectivity index (χ1v) is 13.3. The third-order valence-corrected chi connectivity index (χ3v) is 8.91. The Kier molecular flexibility index (Phi) is 6.73. The van der Waals surface area contributed by atoms with Crippen LogP contribution in [0.4, 0.5) is 5.69 Å². The molecule has 1 aromatic carbocycles. The van der Waals surface area contributed by atoms with Crippen molar-refractivity contribution in [3.05, 3.63) is 45.4 Å². The van der Waals surface area contributed by atoms with E-state index in [2.05, 4.69) is 4.90 Å². The number of nitrogens with two attached hydrogens (primary N) is 1. The standard InChI is InChI=1S/C28H36N4O8/c1-30(2)21-14(10-32-8-12(9-32)11-33)7-17(34)19-15(21)5-13-6-16-22(31(3)4)24(36)20(27(29)39)26(38)28(16,40)25(37)18(13)23(19)35/h7,12-13,16,22,33-34,36-37,40H,5-6,8-11H2,1-4H3,(H2,29,39)/t13-,16-,22-,28-/m0/s1. The average Bonchev–Trinajstić information content (AvgIpc) is 2.82. The fourth-order valence-corrected chi connectivity index (χ4v) is 7.21. The number of hydrogen-bond acceptors (Lipinski definition) is 11. The average molecular weight is 557 g/mol. The lowest BCUT2D eigenvalue weighted by atomic mass is 9.58. The zero-order valence-electron chi connectivity index (χ0n) is 23.0. The minimum absolute atomic E-state index is 0.00919. The molecule has 5 rings (SSSR count). The van der Waals surface area contributed by atoms with Crippen molar-refractivity contribution in [1.29, 1.82) is 0 Å². The molecule has 3 aliphatic carbocycles. The second kappa shape index (κ2) is 9.58. The van der Waals surface area contributed by atoms with Crippen LogP contribution in [0.5, 0.6) is 5.75 Å². The summed E-state index contributed by atoms with van der Waals surface area (Å²) in [4.78, 5) is 45.0. The molecule has 0 unspecified atom stereocenters. The number of carbonyl (C=O) groups is 3. The van der Waals surface area contributed by atoms with E-state index in [9.17, 15) is 39.9 Å². The van der Waals surface area contributed by atoms with E-state index in [4.69, 9.17) is 5.73 Å². The van der Waals surface area contributed by atoms with Gasteiger partial charge >= 0.3 is 0 Å². The van der Waals surface area contributed by atoms with E-state index in [-0.39, 0.29) is 42.3 Å². The number of aromatic hydroxyl groups is 1. The number of allylic oxidation sites excluding steroid dienone is 1. The van der Waals surface area contributed by atoms with Crippen LogP contribution in [0.3, 0.4) is 0 Å². The maximum absolute atomic E-state index is 13.9. The monoisotopic (exact) mass is 556 g/mol. The van der Waals surface area contributed by atoms with Crippen LogP contribution in [0.25, 0.3) is 0 Å². The number of likely N-dealkylation sites (tertiary alicyclic amines) is 1. The Balaban J connectivity index is 1.65. The number of ketones is 2. The normalized spacial score (nSPS) is 28.8. The molecule has 4 aliphatic rings. The Morgan fingerprint density at radius 2 is 1.80 bits per heavy atom. The van der Waals surface area contributed by atoms with E-state index < -0.39 is 58.0 Å². The van der Waals surface area contributed by atoms with E-state index in [1.54, 1.807) is 14.1 Å². The molecule has 216 valence electrons. The summed E-state index contributed by atoms with van der Waals surface area (Å²) >= 11 is 0. The number of rotatable bonds is 6. The largest absolute Gasteiger partial charge is 0.510 e. The molecule has 1 saturated heterocycles. The van der Waals surface area contributed by atoms with Crippen molar-refractivity contribution in [2.45, 2.75) is 31.0 Å². The molecule has 0 radical (unpaired) electrons. The molecule has 4 atom stereocenters. The Bertz CT molecular complexity index is 1380. The summed E-state index contributed by atoms with van der Waals surface area (Å²) < 4.78 is 0. The molecule has 0 spiro atoms. The molecule has 7 N–H and O–H groups in total. The number of phenols is 1. The maximum atomic E-state index is 13.9. The van der Waals surface area contributed by atoms with Crippen molar-refractivity contribution in [2.75, 3.05) is 52.8 Å². The summed E-state index contributed by atoms with van der Waals surface area (Å²) in [5, 5.41) is 54.5. The zero-order chi connectivity index (χ0) is 29.4. The number of nitrogens with zero attached hydrogens (tertiary/aromatic N) is 3. The van der Waals surface area contributed by atoms with Crippen LogP contribution in [0.1, 0.15) is 27.9 Å². The Hall–Kier alpha value is -3.45. The Morgan fingerprint density at radius 3 is 2.35 bits per heavy atom.